The van der Waals surface area contributed by atoms with Crippen LogP contribution < -0.4 is 5.32 Å². The standard InChI is InChI=1S/C19H17N3O2S3/c1-13-6-5-9-15(10-13)20-17(24)12-26-19-22-21-18(27-19)25-11-16(23)14-7-3-2-4-8-14/h2-10H,11-12H2,1H3,(H,20,24). The first-order valence-electron chi connectivity index (χ1n) is 8.14. The van der Waals surface area contributed by atoms with Gasteiger partial charge in [-0.25, -0.2) is 0 Å². The molecule has 0 spiro atoms. The van der Waals surface area contributed by atoms with Crippen molar-refractivity contribution in [2.45, 2.75) is 15.6 Å². The fourth-order valence-corrected chi connectivity index (χ4v) is 4.91. The third-order valence-corrected chi connectivity index (χ3v) is 6.63. The second kappa shape index (κ2) is 9.68. The minimum atomic E-state index is -0.0886. The zero-order valence-corrected chi connectivity index (χ0v) is 17.0. The zero-order chi connectivity index (χ0) is 19.1. The molecule has 0 saturated carbocycles. The van der Waals surface area contributed by atoms with Crippen molar-refractivity contribution in [2.24, 2.45) is 0 Å². The number of aromatic nitrogens is 2. The predicted molar refractivity (Wildman–Crippen MR) is 112 cm³/mol. The molecule has 2 aromatic carbocycles. The van der Waals surface area contributed by atoms with E-state index in [4.69, 9.17) is 0 Å². The van der Waals surface area contributed by atoms with E-state index in [1.54, 1.807) is 12.1 Å². The van der Waals surface area contributed by atoms with Crippen molar-refractivity contribution < 1.29 is 9.59 Å². The second-order valence-electron chi connectivity index (χ2n) is 5.62. The quantitative estimate of drug-likeness (QED) is 0.430. The Morgan fingerprint density at radius 3 is 2.37 bits per heavy atom. The Bertz CT molecular complexity index is 929. The lowest BCUT2D eigenvalue weighted by Crippen LogP contribution is -2.13. The van der Waals surface area contributed by atoms with Gasteiger partial charge in [0.05, 0.1) is 11.5 Å². The fraction of sp³-hybridized carbons (Fsp3) is 0.158. The summed E-state index contributed by atoms with van der Waals surface area (Å²) in [5.74, 6) is 0.546. The average molecular weight is 416 g/mol. The summed E-state index contributed by atoms with van der Waals surface area (Å²) >= 11 is 4.09. The summed E-state index contributed by atoms with van der Waals surface area (Å²) < 4.78 is 1.44. The molecule has 0 aliphatic rings. The van der Waals surface area contributed by atoms with Crippen LogP contribution in [0.3, 0.4) is 0 Å². The van der Waals surface area contributed by atoms with Crippen LogP contribution >= 0.6 is 34.9 Å². The summed E-state index contributed by atoms with van der Waals surface area (Å²) in [5, 5.41) is 11.0. The number of anilines is 1. The second-order valence-corrected chi connectivity index (χ2v) is 9.04. The molecule has 3 aromatic rings. The highest BCUT2D eigenvalue weighted by Crippen LogP contribution is 2.29. The summed E-state index contributed by atoms with van der Waals surface area (Å²) in [4.78, 5) is 24.2. The molecule has 0 unspecified atom stereocenters. The van der Waals surface area contributed by atoms with Crippen LogP contribution in [0.4, 0.5) is 5.69 Å². The van der Waals surface area contributed by atoms with Crippen LogP contribution in [0, 0.1) is 6.92 Å². The van der Waals surface area contributed by atoms with Gasteiger partial charge in [0.25, 0.3) is 0 Å². The molecule has 0 aliphatic heterocycles. The molecule has 0 atom stereocenters. The van der Waals surface area contributed by atoms with Gasteiger partial charge in [-0.05, 0) is 24.6 Å². The Hall–Kier alpha value is -2.16. The summed E-state index contributed by atoms with van der Waals surface area (Å²) in [6, 6.07) is 16.8. The number of aryl methyl sites for hydroxylation is 1. The van der Waals surface area contributed by atoms with Crippen LogP contribution in [0.2, 0.25) is 0 Å². The highest BCUT2D eigenvalue weighted by molar-refractivity contribution is 8.03. The van der Waals surface area contributed by atoms with Crippen LogP contribution in [0.25, 0.3) is 0 Å². The molecule has 1 aromatic heterocycles. The van der Waals surface area contributed by atoms with Crippen molar-refractivity contribution in [3.05, 3.63) is 65.7 Å². The maximum absolute atomic E-state index is 12.1. The van der Waals surface area contributed by atoms with E-state index in [-0.39, 0.29) is 17.4 Å². The van der Waals surface area contributed by atoms with Crippen molar-refractivity contribution in [1.82, 2.24) is 10.2 Å². The molecule has 8 heteroatoms. The first-order valence-corrected chi connectivity index (χ1v) is 10.9. The number of amides is 1. The lowest BCUT2D eigenvalue weighted by molar-refractivity contribution is -0.113. The van der Waals surface area contributed by atoms with E-state index >= 15 is 0 Å². The Labute approximate surface area is 170 Å². The van der Waals surface area contributed by atoms with E-state index in [9.17, 15) is 9.59 Å². The molecule has 0 saturated heterocycles. The summed E-state index contributed by atoms with van der Waals surface area (Å²) in [6.07, 6.45) is 0. The average Bonchev–Trinajstić information content (AvgIpc) is 3.13. The summed E-state index contributed by atoms with van der Waals surface area (Å²) in [5.41, 5.74) is 2.57. The lowest BCUT2D eigenvalue weighted by atomic mass is 10.2. The molecule has 1 N–H and O–H groups in total. The highest BCUT2D eigenvalue weighted by atomic mass is 32.2. The van der Waals surface area contributed by atoms with E-state index < -0.39 is 0 Å². The predicted octanol–water partition coefficient (Wildman–Crippen LogP) is 4.55. The molecular weight excluding hydrogens is 398 g/mol. The number of thioether (sulfide) groups is 2. The topological polar surface area (TPSA) is 72.0 Å². The van der Waals surface area contributed by atoms with Crippen molar-refractivity contribution >= 4 is 52.2 Å². The number of hydrogen-bond acceptors (Lipinski definition) is 7. The third kappa shape index (κ3) is 6.20. The summed E-state index contributed by atoms with van der Waals surface area (Å²) in [7, 11) is 0. The molecule has 0 bridgehead atoms. The Morgan fingerprint density at radius 1 is 0.963 bits per heavy atom. The zero-order valence-electron chi connectivity index (χ0n) is 14.5. The monoisotopic (exact) mass is 415 g/mol. The maximum Gasteiger partial charge on any atom is 0.234 e. The van der Waals surface area contributed by atoms with Gasteiger partial charge in [-0.3, -0.25) is 9.59 Å². The van der Waals surface area contributed by atoms with Gasteiger partial charge in [0.1, 0.15) is 0 Å². The molecule has 0 radical (unpaired) electrons. The Morgan fingerprint density at radius 2 is 1.67 bits per heavy atom. The summed E-state index contributed by atoms with van der Waals surface area (Å²) in [6.45, 7) is 1.98. The van der Waals surface area contributed by atoms with Gasteiger partial charge in [-0.15, -0.1) is 10.2 Å². The van der Waals surface area contributed by atoms with Crippen LogP contribution in [-0.2, 0) is 4.79 Å². The smallest absolute Gasteiger partial charge is 0.234 e. The van der Waals surface area contributed by atoms with Gasteiger partial charge in [0.15, 0.2) is 14.5 Å². The molecule has 3 rings (SSSR count). The Balaban J connectivity index is 1.45. The molecular formula is C19H17N3O2S3. The normalized spacial score (nSPS) is 10.6. The van der Waals surface area contributed by atoms with Crippen molar-refractivity contribution in [3.8, 4) is 0 Å². The third-order valence-electron chi connectivity index (χ3n) is 3.44. The van der Waals surface area contributed by atoms with Crippen LogP contribution in [0.15, 0.2) is 63.3 Å². The number of hydrogen-bond donors (Lipinski definition) is 1. The molecule has 5 nitrogen and oxygen atoms in total. The largest absolute Gasteiger partial charge is 0.325 e. The first-order chi connectivity index (χ1) is 13.1. The number of carbonyl (C=O) groups excluding carboxylic acids is 2. The minimum Gasteiger partial charge on any atom is -0.325 e. The first kappa shape index (κ1) is 19.6. The number of benzene rings is 2. The van der Waals surface area contributed by atoms with Gasteiger partial charge in [0, 0.05) is 11.3 Å². The Kier molecular flexibility index (Phi) is 7.03. The van der Waals surface area contributed by atoms with Gasteiger partial charge < -0.3 is 5.32 Å². The minimum absolute atomic E-state index is 0.0579. The van der Waals surface area contributed by atoms with Crippen LogP contribution in [-0.4, -0.2) is 33.4 Å². The van der Waals surface area contributed by atoms with E-state index in [1.807, 2.05) is 49.4 Å². The van der Waals surface area contributed by atoms with E-state index in [0.717, 1.165) is 15.6 Å². The number of carbonyl (C=O) groups is 2. The molecule has 1 heterocycles. The number of ketones is 1. The van der Waals surface area contributed by atoms with E-state index in [0.29, 0.717) is 15.7 Å². The highest BCUT2D eigenvalue weighted by Gasteiger charge is 2.11. The maximum atomic E-state index is 12.1. The molecule has 0 fully saturated rings. The van der Waals surface area contributed by atoms with Gasteiger partial charge in [-0.1, -0.05) is 77.3 Å². The van der Waals surface area contributed by atoms with Gasteiger partial charge in [0.2, 0.25) is 5.91 Å². The molecule has 0 aliphatic carbocycles. The SMILES string of the molecule is Cc1cccc(NC(=O)CSc2nnc(SCC(=O)c3ccccc3)s2)c1. The number of nitrogens with one attached hydrogen (secondary N) is 1. The van der Waals surface area contributed by atoms with Crippen LogP contribution in [0.1, 0.15) is 15.9 Å². The van der Waals surface area contributed by atoms with Crippen molar-refractivity contribution in [1.29, 1.82) is 0 Å². The number of nitrogens with zero attached hydrogens (tertiary/aromatic N) is 2. The molecule has 1 amide bonds. The number of Topliss-reactive ketones (excluding diaryl/α,β-unsaturated/α-hetero) is 1. The fourth-order valence-electron chi connectivity index (χ4n) is 2.20. The van der Waals surface area contributed by atoms with Crippen molar-refractivity contribution in [2.75, 3.05) is 16.8 Å². The van der Waals surface area contributed by atoms with E-state index in [1.165, 1.54) is 34.9 Å². The molecule has 27 heavy (non-hydrogen) atoms. The van der Waals surface area contributed by atoms with E-state index in [2.05, 4.69) is 15.5 Å². The van der Waals surface area contributed by atoms with Crippen molar-refractivity contribution in [3.63, 3.8) is 0 Å². The molecule has 138 valence electrons. The van der Waals surface area contributed by atoms with Gasteiger partial charge in [-0.2, -0.15) is 0 Å². The van der Waals surface area contributed by atoms with Crippen LogP contribution in [0.5, 0.6) is 0 Å². The van der Waals surface area contributed by atoms with Gasteiger partial charge >= 0.3 is 0 Å². The number of rotatable bonds is 8. The lowest BCUT2D eigenvalue weighted by Gasteiger charge is -2.04.